The van der Waals surface area contributed by atoms with Crippen molar-refractivity contribution < 1.29 is 9.47 Å². The molecule has 2 N–H and O–H groups in total. The van der Waals surface area contributed by atoms with E-state index in [1.165, 1.54) is 0 Å². The van der Waals surface area contributed by atoms with Gasteiger partial charge in [-0.05, 0) is 46.3 Å². The Balaban J connectivity index is 2.86. The lowest BCUT2D eigenvalue weighted by atomic mass is 10.0. The average Bonchev–Trinajstić information content (AvgIpc) is 2.13. The Kier molecular flexibility index (Phi) is 4.39. The summed E-state index contributed by atoms with van der Waals surface area (Å²) in [5.74, 6) is -0.716. The minimum absolute atomic E-state index is 0.146. The SMILES string of the molecule is CCC(C)OC1(OC(C)(C)C)C=CC=C(N)C1. The van der Waals surface area contributed by atoms with Crippen LogP contribution in [0, 0.1) is 0 Å². The second kappa shape index (κ2) is 5.23. The molecule has 0 aromatic rings. The quantitative estimate of drug-likeness (QED) is 0.767. The number of rotatable bonds is 4. The molecule has 0 aromatic carbocycles. The van der Waals surface area contributed by atoms with Crippen LogP contribution in [0.5, 0.6) is 0 Å². The van der Waals surface area contributed by atoms with Crippen molar-refractivity contribution >= 4 is 0 Å². The van der Waals surface area contributed by atoms with E-state index in [0.717, 1.165) is 12.1 Å². The zero-order valence-electron chi connectivity index (χ0n) is 11.6. The molecule has 1 rings (SSSR count). The van der Waals surface area contributed by atoms with Crippen molar-refractivity contribution in [2.24, 2.45) is 5.73 Å². The number of allylic oxidation sites excluding steroid dienone is 2. The van der Waals surface area contributed by atoms with Crippen LogP contribution in [-0.4, -0.2) is 17.5 Å². The van der Waals surface area contributed by atoms with Gasteiger partial charge in [0.2, 0.25) is 0 Å². The molecule has 0 aliphatic heterocycles. The minimum Gasteiger partial charge on any atom is -0.402 e. The third kappa shape index (κ3) is 4.52. The monoisotopic (exact) mass is 239 g/mol. The van der Waals surface area contributed by atoms with Crippen LogP contribution in [0.4, 0.5) is 0 Å². The van der Waals surface area contributed by atoms with Crippen LogP contribution in [0.2, 0.25) is 0 Å². The van der Waals surface area contributed by atoms with Gasteiger partial charge in [-0.3, -0.25) is 0 Å². The fraction of sp³-hybridized carbons (Fsp3) is 0.714. The Morgan fingerprint density at radius 2 is 2.12 bits per heavy atom. The second-order valence-corrected chi connectivity index (χ2v) is 5.64. The molecule has 0 bridgehead atoms. The van der Waals surface area contributed by atoms with Gasteiger partial charge in [-0.25, -0.2) is 0 Å². The van der Waals surface area contributed by atoms with Gasteiger partial charge in [0.15, 0.2) is 5.79 Å². The average molecular weight is 239 g/mol. The maximum absolute atomic E-state index is 6.08. The molecule has 3 nitrogen and oxygen atoms in total. The molecule has 2 unspecified atom stereocenters. The summed E-state index contributed by atoms with van der Waals surface area (Å²) >= 11 is 0. The van der Waals surface area contributed by atoms with E-state index in [2.05, 4.69) is 13.8 Å². The molecule has 0 amide bonds. The number of ether oxygens (including phenoxy) is 2. The van der Waals surface area contributed by atoms with Crippen molar-refractivity contribution in [3.8, 4) is 0 Å². The predicted octanol–water partition coefficient (Wildman–Crippen LogP) is 3.12. The van der Waals surface area contributed by atoms with Gasteiger partial charge in [0, 0.05) is 12.1 Å². The zero-order chi connectivity index (χ0) is 13.1. The molecule has 0 aromatic heterocycles. The molecule has 1 aliphatic carbocycles. The summed E-state index contributed by atoms with van der Waals surface area (Å²) in [6.07, 6.45) is 7.45. The summed E-state index contributed by atoms with van der Waals surface area (Å²) in [6, 6.07) is 0. The first-order valence-corrected chi connectivity index (χ1v) is 6.28. The van der Waals surface area contributed by atoms with E-state index in [0.29, 0.717) is 6.42 Å². The van der Waals surface area contributed by atoms with Crippen molar-refractivity contribution in [1.82, 2.24) is 0 Å². The normalized spacial score (nSPS) is 26.8. The summed E-state index contributed by atoms with van der Waals surface area (Å²) < 4.78 is 12.1. The van der Waals surface area contributed by atoms with Gasteiger partial charge in [-0.2, -0.15) is 0 Å². The van der Waals surface area contributed by atoms with Crippen LogP contribution < -0.4 is 5.73 Å². The molecular formula is C14H25NO2. The lowest BCUT2D eigenvalue weighted by molar-refractivity contribution is -0.265. The molecule has 0 saturated carbocycles. The highest BCUT2D eigenvalue weighted by atomic mass is 16.7. The van der Waals surface area contributed by atoms with E-state index in [9.17, 15) is 0 Å². The molecule has 0 heterocycles. The van der Waals surface area contributed by atoms with Crippen LogP contribution in [-0.2, 0) is 9.47 Å². The predicted molar refractivity (Wildman–Crippen MR) is 70.4 cm³/mol. The fourth-order valence-electron chi connectivity index (χ4n) is 1.84. The van der Waals surface area contributed by atoms with E-state index >= 15 is 0 Å². The van der Waals surface area contributed by atoms with Gasteiger partial charge in [0.1, 0.15) is 0 Å². The van der Waals surface area contributed by atoms with E-state index in [1.54, 1.807) is 0 Å². The van der Waals surface area contributed by atoms with E-state index < -0.39 is 5.79 Å². The van der Waals surface area contributed by atoms with Gasteiger partial charge < -0.3 is 15.2 Å². The van der Waals surface area contributed by atoms with Crippen molar-refractivity contribution in [3.05, 3.63) is 23.9 Å². The van der Waals surface area contributed by atoms with Gasteiger partial charge >= 0.3 is 0 Å². The summed E-state index contributed by atoms with van der Waals surface area (Å²) in [7, 11) is 0. The smallest absolute Gasteiger partial charge is 0.194 e. The van der Waals surface area contributed by atoms with Gasteiger partial charge in [0.05, 0.1) is 11.7 Å². The molecule has 1 aliphatic rings. The molecule has 3 heteroatoms. The minimum atomic E-state index is -0.716. The summed E-state index contributed by atoms with van der Waals surface area (Å²) in [4.78, 5) is 0. The van der Waals surface area contributed by atoms with Gasteiger partial charge in [-0.1, -0.05) is 13.0 Å². The molecule has 0 radical (unpaired) electrons. The molecule has 0 saturated heterocycles. The number of nitrogens with two attached hydrogens (primary N) is 1. The molecule has 2 atom stereocenters. The molecular weight excluding hydrogens is 214 g/mol. The Morgan fingerprint density at radius 3 is 2.59 bits per heavy atom. The topological polar surface area (TPSA) is 44.5 Å². The first-order chi connectivity index (χ1) is 7.76. The lowest BCUT2D eigenvalue weighted by Gasteiger charge is -2.40. The molecule has 98 valence electrons. The maximum Gasteiger partial charge on any atom is 0.194 e. The van der Waals surface area contributed by atoms with Crippen molar-refractivity contribution in [2.75, 3.05) is 0 Å². The highest BCUT2D eigenvalue weighted by Gasteiger charge is 2.37. The molecule has 17 heavy (non-hydrogen) atoms. The summed E-state index contributed by atoms with van der Waals surface area (Å²) in [5, 5.41) is 0. The highest BCUT2D eigenvalue weighted by Crippen LogP contribution is 2.32. The molecule has 0 fully saturated rings. The van der Waals surface area contributed by atoms with Gasteiger partial charge in [0.25, 0.3) is 0 Å². The fourth-order valence-corrected chi connectivity index (χ4v) is 1.84. The number of hydrogen-bond acceptors (Lipinski definition) is 3. The van der Waals surface area contributed by atoms with Crippen LogP contribution in [0.3, 0.4) is 0 Å². The largest absolute Gasteiger partial charge is 0.402 e. The second-order valence-electron chi connectivity index (χ2n) is 5.64. The van der Waals surface area contributed by atoms with Crippen molar-refractivity contribution in [1.29, 1.82) is 0 Å². The Morgan fingerprint density at radius 1 is 1.47 bits per heavy atom. The van der Waals surface area contributed by atoms with Crippen LogP contribution in [0.15, 0.2) is 23.9 Å². The Bertz CT molecular complexity index is 315. The van der Waals surface area contributed by atoms with Crippen LogP contribution >= 0.6 is 0 Å². The van der Waals surface area contributed by atoms with E-state index in [1.807, 2.05) is 39.0 Å². The Hall–Kier alpha value is -0.800. The number of hydrogen-bond donors (Lipinski definition) is 1. The van der Waals surface area contributed by atoms with E-state index in [4.69, 9.17) is 15.2 Å². The van der Waals surface area contributed by atoms with Gasteiger partial charge in [-0.15, -0.1) is 0 Å². The van der Waals surface area contributed by atoms with E-state index in [-0.39, 0.29) is 11.7 Å². The third-order valence-electron chi connectivity index (χ3n) is 2.57. The van der Waals surface area contributed by atoms with Crippen molar-refractivity contribution in [3.63, 3.8) is 0 Å². The van der Waals surface area contributed by atoms with Crippen LogP contribution in [0.25, 0.3) is 0 Å². The highest BCUT2D eigenvalue weighted by molar-refractivity contribution is 5.21. The third-order valence-corrected chi connectivity index (χ3v) is 2.57. The molecule has 0 spiro atoms. The lowest BCUT2D eigenvalue weighted by Crippen LogP contribution is -2.44. The standard InChI is InChI=1S/C14H25NO2/c1-6-11(2)16-14(17-13(3,4)5)9-7-8-12(15)10-14/h7-9,11H,6,10,15H2,1-5H3. The van der Waals surface area contributed by atoms with Crippen molar-refractivity contribution in [2.45, 2.75) is 65.0 Å². The summed E-state index contributed by atoms with van der Waals surface area (Å²) in [6.45, 7) is 10.2. The zero-order valence-corrected chi connectivity index (χ0v) is 11.6. The Labute approximate surface area is 105 Å². The first kappa shape index (κ1) is 14.3. The summed E-state index contributed by atoms with van der Waals surface area (Å²) in [5.41, 5.74) is 6.42. The van der Waals surface area contributed by atoms with Crippen LogP contribution in [0.1, 0.15) is 47.5 Å². The first-order valence-electron chi connectivity index (χ1n) is 6.28. The maximum atomic E-state index is 6.08.